The molecule has 3 heteroatoms. The van der Waals surface area contributed by atoms with Gasteiger partial charge in [-0.1, -0.05) is 12.1 Å². The molecule has 3 nitrogen and oxygen atoms in total. The highest BCUT2D eigenvalue weighted by Gasteiger charge is 2.03. The van der Waals surface area contributed by atoms with E-state index in [4.69, 9.17) is 9.52 Å². The minimum Gasteiger partial charge on any atom is -0.464 e. The highest BCUT2D eigenvalue weighted by molar-refractivity contribution is 5.76. The summed E-state index contributed by atoms with van der Waals surface area (Å²) in [5.41, 5.74) is 0.674. The molecule has 0 bridgehead atoms. The normalized spacial score (nSPS) is 10.5. The molecular weight excluding hydrogens is 168 g/mol. The van der Waals surface area contributed by atoms with Crippen molar-refractivity contribution in [1.29, 1.82) is 0 Å². The molecule has 0 aliphatic carbocycles. The molecule has 66 valence electrons. The predicted molar refractivity (Wildman–Crippen MR) is 48.4 cm³/mol. The molecule has 0 amide bonds. The maximum Gasteiger partial charge on any atom is 0.198 e. The molecule has 0 radical (unpaired) electrons. The van der Waals surface area contributed by atoms with Gasteiger partial charge in [0.1, 0.15) is 11.8 Å². The SMILES string of the molecule is O=c1c(CO)coc2ccccc12. The molecule has 0 unspecified atom stereocenters. The first-order chi connectivity index (χ1) is 6.33. The fourth-order valence-electron chi connectivity index (χ4n) is 1.23. The molecule has 0 saturated carbocycles. The standard InChI is InChI=1S/C10H8O3/c11-5-7-6-13-9-4-2-1-3-8(9)10(7)12/h1-4,6,11H,5H2. The van der Waals surface area contributed by atoms with Gasteiger partial charge in [-0.3, -0.25) is 4.79 Å². The Hall–Kier alpha value is -1.61. The summed E-state index contributed by atoms with van der Waals surface area (Å²) in [5, 5.41) is 9.33. The van der Waals surface area contributed by atoms with E-state index in [1.807, 2.05) is 0 Å². The van der Waals surface area contributed by atoms with E-state index in [1.54, 1.807) is 24.3 Å². The molecule has 0 aliphatic rings. The quantitative estimate of drug-likeness (QED) is 0.712. The van der Waals surface area contributed by atoms with E-state index in [0.717, 1.165) is 0 Å². The summed E-state index contributed by atoms with van der Waals surface area (Å²) in [6.45, 7) is -0.285. The maximum atomic E-state index is 11.5. The monoisotopic (exact) mass is 176 g/mol. The Morgan fingerprint density at radius 3 is 2.85 bits per heavy atom. The van der Waals surface area contributed by atoms with E-state index in [0.29, 0.717) is 16.5 Å². The molecule has 2 rings (SSSR count). The van der Waals surface area contributed by atoms with Gasteiger partial charge in [-0.25, -0.2) is 0 Å². The zero-order chi connectivity index (χ0) is 9.26. The molecule has 0 atom stereocenters. The third-order valence-corrected chi connectivity index (χ3v) is 1.92. The van der Waals surface area contributed by atoms with Crippen molar-refractivity contribution >= 4 is 11.0 Å². The lowest BCUT2D eigenvalue weighted by Gasteiger charge is -1.97. The summed E-state index contributed by atoms with van der Waals surface area (Å²) >= 11 is 0. The largest absolute Gasteiger partial charge is 0.464 e. The average Bonchev–Trinajstić information content (AvgIpc) is 2.19. The zero-order valence-corrected chi connectivity index (χ0v) is 6.86. The van der Waals surface area contributed by atoms with Crippen LogP contribution in [-0.4, -0.2) is 5.11 Å². The minimum atomic E-state index is -0.285. The van der Waals surface area contributed by atoms with Crippen molar-refractivity contribution in [1.82, 2.24) is 0 Å². The number of rotatable bonds is 1. The highest BCUT2D eigenvalue weighted by atomic mass is 16.3. The van der Waals surface area contributed by atoms with Crippen LogP contribution in [0.4, 0.5) is 0 Å². The molecule has 0 aliphatic heterocycles. The van der Waals surface area contributed by atoms with E-state index in [2.05, 4.69) is 0 Å². The smallest absolute Gasteiger partial charge is 0.198 e. The first-order valence-electron chi connectivity index (χ1n) is 3.93. The molecule has 0 saturated heterocycles. The second kappa shape index (κ2) is 3.03. The fourth-order valence-corrected chi connectivity index (χ4v) is 1.23. The van der Waals surface area contributed by atoms with Crippen LogP contribution in [-0.2, 0) is 6.61 Å². The van der Waals surface area contributed by atoms with Crippen LogP contribution in [0.1, 0.15) is 5.56 Å². The lowest BCUT2D eigenvalue weighted by molar-refractivity contribution is 0.277. The second-order valence-electron chi connectivity index (χ2n) is 2.74. The van der Waals surface area contributed by atoms with Gasteiger partial charge in [-0.15, -0.1) is 0 Å². The molecular formula is C10H8O3. The van der Waals surface area contributed by atoms with Crippen LogP contribution >= 0.6 is 0 Å². The molecule has 13 heavy (non-hydrogen) atoms. The summed E-state index contributed by atoms with van der Waals surface area (Å²) in [6, 6.07) is 6.96. The minimum absolute atomic E-state index is 0.163. The molecule has 0 fully saturated rings. The summed E-state index contributed by atoms with van der Waals surface area (Å²) in [4.78, 5) is 11.5. The maximum absolute atomic E-state index is 11.5. The van der Waals surface area contributed by atoms with Crippen LogP contribution in [0.2, 0.25) is 0 Å². The summed E-state index contributed by atoms with van der Waals surface area (Å²) in [6.07, 6.45) is 1.30. The first kappa shape index (κ1) is 8.01. The summed E-state index contributed by atoms with van der Waals surface area (Å²) in [5.74, 6) is 0. The third kappa shape index (κ3) is 1.23. The van der Waals surface area contributed by atoms with Crippen molar-refractivity contribution in [3.8, 4) is 0 Å². The van der Waals surface area contributed by atoms with E-state index >= 15 is 0 Å². The highest BCUT2D eigenvalue weighted by Crippen LogP contribution is 2.09. The molecule has 2 aromatic rings. The number of para-hydroxylation sites is 1. The van der Waals surface area contributed by atoms with Crippen LogP contribution < -0.4 is 5.43 Å². The van der Waals surface area contributed by atoms with E-state index in [-0.39, 0.29) is 12.0 Å². The average molecular weight is 176 g/mol. The van der Waals surface area contributed by atoms with Crippen molar-refractivity contribution in [2.24, 2.45) is 0 Å². The Labute approximate surface area is 74.2 Å². The number of hydrogen-bond donors (Lipinski definition) is 1. The van der Waals surface area contributed by atoms with Gasteiger partial charge in [-0.05, 0) is 12.1 Å². The first-order valence-corrected chi connectivity index (χ1v) is 3.93. The van der Waals surface area contributed by atoms with Crippen molar-refractivity contribution in [3.05, 3.63) is 46.3 Å². The van der Waals surface area contributed by atoms with Crippen LogP contribution in [0, 0.1) is 0 Å². The molecule has 1 aromatic heterocycles. The Kier molecular flexibility index (Phi) is 1.87. The lowest BCUT2D eigenvalue weighted by atomic mass is 10.2. The molecule has 1 N–H and O–H groups in total. The number of hydrogen-bond acceptors (Lipinski definition) is 3. The Morgan fingerprint density at radius 1 is 1.31 bits per heavy atom. The molecule has 1 aromatic carbocycles. The summed E-state index contributed by atoms with van der Waals surface area (Å²) in [7, 11) is 0. The van der Waals surface area contributed by atoms with Crippen LogP contribution in [0.5, 0.6) is 0 Å². The summed E-state index contributed by atoms with van der Waals surface area (Å²) < 4.78 is 5.15. The van der Waals surface area contributed by atoms with Gasteiger partial charge in [0.2, 0.25) is 0 Å². The van der Waals surface area contributed by atoms with Gasteiger partial charge in [0.25, 0.3) is 0 Å². The van der Waals surface area contributed by atoms with Gasteiger partial charge < -0.3 is 9.52 Å². The van der Waals surface area contributed by atoms with Gasteiger partial charge in [0.05, 0.1) is 17.6 Å². The van der Waals surface area contributed by atoms with E-state index in [1.165, 1.54) is 6.26 Å². The van der Waals surface area contributed by atoms with Crippen LogP contribution in [0.15, 0.2) is 39.7 Å². The van der Waals surface area contributed by atoms with Gasteiger partial charge >= 0.3 is 0 Å². The molecule has 1 heterocycles. The van der Waals surface area contributed by atoms with Crippen molar-refractivity contribution < 1.29 is 9.52 Å². The van der Waals surface area contributed by atoms with Gasteiger partial charge in [0, 0.05) is 0 Å². The van der Waals surface area contributed by atoms with Crippen molar-refractivity contribution in [3.63, 3.8) is 0 Å². The zero-order valence-electron chi connectivity index (χ0n) is 6.86. The Bertz CT molecular complexity index is 485. The van der Waals surface area contributed by atoms with E-state index in [9.17, 15) is 4.79 Å². The number of fused-ring (bicyclic) bond motifs is 1. The van der Waals surface area contributed by atoms with Crippen molar-refractivity contribution in [2.45, 2.75) is 6.61 Å². The van der Waals surface area contributed by atoms with E-state index < -0.39 is 0 Å². The van der Waals surface area contributed by atoms with Crippen molar-refractivity contribution in [2.75, 3.05) is 0 Å². The Morgan fingerprint density at radius 2 is 2.08 bits per heavy atom. The predicted octanol–water partition coefficient (Wildman–Crippen LogP) is 1.29. The molecule has 0 spiro atoms. The van der Waals surface area contributed by atoms with Gasteiger partial charge in [0.15, 0.2) is 5.43 Å². The topological polar surface area (TPSA) is 50.4 Å². The lowest BCUT2D eigenvalue weighted by Crippen LogP contribution is -2.07. The fraction of sp³-hybridized carbons (Fsp3) is 0.100. The second-order valence-corrected chi connectivity index (χ2v) is 2.74. The Balaban J connectivity index is 2.87. The number of aliphatic hydroxyl groups excluding tert-OH is 1. The third-order valence-electron chi connectivity index (χ3n) is 1.92. The van der Waals surface area contributed by atoms with Gasteiger partial charge in [-0.2, -0.15) is 0 Å². The van der Waals surface area contributed by atoms with Crippen LogP contribution in [0.25, 0.3) is 11.0 Å². The van der Waals surface area contributed by atoms with Crippen LogP contribution in [0.3, 0.4) is 0 Å². The number of benzene rings is 1. The number of aliphatic hydroxyl groups is 1.